The Hall–Kier alpha value is -2.28. The third-order valence-electron chi connectivity index (χ3n) is 7.98. The summed E-state index contributed by atoms with van der Waals surface area (Å²) in [4.78, 5) is 9.11. The number of rotatable bonds is 6. The van der Waals surface area contributed by atoms with Gasteiger partial charge < -0.3 is 31.3 Å². The average Bonchev–Trinajstić information content (AvgIpc) is 2.82. The molecule has 5 atom stereocenters. The Morgan fingerprint density at radius 1 is 1.21 bits per heavy atom. The molecule has 180 valence electrons. The molecule has 2 aromatic heterocycles. The zero-order valence-electron chi connectivity index (χ0n) is 20.2. The first-order valence-electron chi connectivity index (χ1n) is 12.0. The van der Waals surface area contributed by atoms with Crippen LogP contribution in [0.3, 0.4) is 0 Å². The van der Waals surface area contributed by atoms with Gasteiger partial charge in [0.2, 0.25) is 0 Å². The van der Waals surface area contributed by atoms with E-state index in [-0.39, 0.29) is 23.0 Å². The molecule has 0 radical (unpaired) electrons. The van der Waals surface area contributed by atoms with Crippen LogP contribution in [0, 0.1) is 25.7 Å². The molecule has 5 nitrogen and oxygen atoms in total. The Morgan fingerprint density at radius 2 is 1.97 bits per heavy atom. The second kappa shape index (κ2) is 9.76. The summed E-state index contributed by atoms with van der Waals surface area (Å²) in [6, 6.07) is 12.4. The Kier molecular flexibility index (Phi) is 7.13. The molecule has 0 amide bonds. The van der Waals surface area contributed by atoms with Gasteiger partial charge in [0.1, 0.15) is 24.4 Å². The van der Waals surface area contributed by atoms with E-state index in [2.05, 4.69) is 48.6 Å². The predicted octanol–water partition coefficient (Wildman–Crippen LogP) is 1.90. The van der Waals surface area contributed by atoms with Crippen LogP contribution in [-0.4, -0.2) is 45.8 Å². The summed E-state index contributed by atoms with van der Waals surface area (Å²) in [6.45, 7) is 11.3. The molecule has 0 saturated carbocycles. The molecule has 34 heavy (non-hydrogen) atoms. The van der Waals surface area contributed by atoms with Crippen molar-refractivity contribution in [1.82, 2.24) is 9.97 Å². The molecule has 1 N–H and O–H groups in total. The molecular formula is C28H34BrN3O2. The standard InChI is InChI=1S/C28H34N3O2.BrH/c1-5-21-17-31(16-20-12-18(2)30-19(3)13-20)11-9-22(21)14-27(31)28(32)24-8-10-29-26-7-6-23(33-4)15-25(24)26;/h5-8,10,12-13,15,21-22,27-28,32H,1,9,11,14,16-17H2,2-4H3;1H/q+1;/p-1/t21-,22-,27-,28+,31?;/m0./s1. The molecule has 3 aliphatic heterocycles. The molecule has 0 spiro atoms. The number of hydrogen-bond donors (Lipinski definition) is 1. The summed E-state index contributed by atoms with van der Waals surface area (Å²) in [7, 11) is 1.67. The highest BCUT2D eigenvalue weighted by molar-refractivity contribution is 5.83. The number of nitrogens with zero attached hydrogens (tertiary/aromatic N) is 3. The second-order valence-electron chi connectivity index (χ2n) is 10.0. The fourth-order valence-corrected chi connectivity index (χ4v) is 6.50. The number of quaternary nitrogens is 1. The fraction of sp³-hybridized carbons (Fsp3) is 0.429. The molecule has 1 unspecified atom stereocenters. The van der Waals surface area contributed by atoms with E-state index in [1.165, 1.54) is 12.0 Å². The lowest BCUT2D eigenvalue weighted by atomic mass is 9.71. The highest BCUT2D eigenvalue weighted by Crippen LogP contribution is 2.48. The van der Waals surface area contributed by atoms with E-state index in [9.17, 15) is 5.11 Å². The lowest BCUT2D eigenvalue weighted by Crippen LogP contribution is -3.00. The van der Waals surface area contributed by atoms with E-state index < -0.39 is 6.10 Å². The van der Waals surface area contributed by atoms with Gasteiger partial charge in [-0.25, -0.2) is 0 Å². The fourth-order valence-electron chi connectivity index (χ4n) is 6.50. The third-order valence-corrected chi connectivity index (χ3v) is 7.98. The van der Waals surface area contributed by atoms with E-state index in [1.807, 2.05) is 30.5 Å². The van der Waals surface area contributed by atoms with E-state index in [1.54, 1.807) is 7.11 Å². The number of pyridine rings is 2. The number of fused-ring (bicyclic) bond motifs is 4. The number of aromatic nitrogens is 2. The Bertz CT molecular complexity index is 1180. The lowest BCUT2D eigenvalue weighted by molar-refractivity contribution is -0.984. The molecule has 3 saturated heterocycles. The topological polar surface area (TPSA) is 55.2 Å². The van der Waals surface area contributed by atoms with Crippen molar-refractivity contribution in [1.29, 1.82) is 0 Å². The number of aliphatic hydroxyl groups excluding tert-OH is 1. The van der Waals surface area contributed by atoms with Crippen LogP contribution >= 0.6 is 0 Å². The van der Waals surface area contributed by atoms with Crippen LogP contribution in [-0.2, 0) is 6.54 Å². The molecule has 6 heteroatoms. The summed E-state index contributed by atoms with van der Waals surface area (Å²) >= 11 is 0. The number of aliphatic hydroxyl groups is 1. The largest absolute Gasteiger partial charge is 1.00 e. The maximum absolute atomic E-state index is 11.9. The summed E-state index contributed by atoms with van der Waals surface area (Å²) in [5.41, 5.74) is 5.26. The second-order valence-corrected chi connectivity index (χ2v) is 10.0. The van der Waals surface area contributed by atoms with Crippen molar-refractivity contribution in [2.24, 2.45) is 11.8 Å². The molecule has 3 aliphatic rings. The van der Waals surface area contributed by atoms with Crippen molar-refractivity contribution in [3.8, 4) is 5.75 Å². The van der Waals surface area contributed by atoms with Crippen LogP contribution in [0.2, 0.25) is 0 Å². The van der Waals surface area contributed by atoms with Crippen LogP contribution < -0.4 is 21.7 Å². The summed E-state index contributed by atoms with van der Waals surface area (Å²) in [5.74, 6) is 1.87. The minimum absolute atomic E-state index is 0. The highest BCUT2D eigenvalue weighted by Gasteiger charge is 2.54. The highest BCUT2D eigenvalue weighted by atomic mass is 79.9. The Labute approximate surface area is 212 Å². The maximum atomic E-state index is 11.9. The van der Waals surface area contributed by atoms with Crippen molar-refractivity contribution in [3.63, 3.8) is 0 Å². The maximum Gasteiger partial charge on any atom is 0.131 e. The summed E-state index contributed by atoms with van der Waals surface area (Å²) < 4.78 is 6.37. The SMILES string of the molecule is C=C[C@H]1C[N+]2(Cc3cc(C)nc(C)c3)CC[C@H]1C[C@H]2[C@H](O)c1ccnc2ccc(OC)cc12.[Br-]. The van der Waals surface area contributed by atoms with E-state index in [0.717, 1.165) is 64.1 Å². The van der Waals surface area contributed by atoms with Crippen molar-refractivity contribution >= 4 is 10.9 Å². The van der Waals surface area contributed by atoms with E-state index in [0.29, 0.717) is 11.8 Å². The van der Waals surface area contributed by atoms with Gasteiger partial charge in [-0.1, -0.05) is 6.08 Å². The number of halogens is 1. The van der Waals surface area contributed by atoms with Gasteiger partial charge in [-0.3, -0.25) is 9.97 Å². The zero-order valence-corrected chi connectivity index (χ0v) is 21.8. The number of methoxy groups -OCH3 is 1. The number of benzene rings is 1. The number of piperidine rings is 3. The molecular weight excluding hydrogens is 490 g/mol. The van der Waals surface area contributed by atoms with Gasteiger partial charge in [0.15, 0.2) is 0 Å². The first-order valence-corrected chi connectivity index (χ1v) is 12.0. The van der Waals surface area contributed by atoms with E-state index in [4.69, 9.17) is 4.74 Å². The number of ether oxygens (including phenoxy) is 1. The number of aryl methyl sites for hydroxylation is 2. The summed E-state index contributed by atoms with van der Waals surface area (Å²) in [6.07, 6.45) is 5.59. The monoisotopic (exact) mass is 523 g/mol. The van der Waals surface area contributed by atoms with Gasteiger partial charge in [-0.15, -0.1) is 6.58 Å². The molecule has 3 fully saturated rings. The molecule has 0 aliphatic carbocycles. The smallest absolute Gasteiger partial charge is 0.131 e. The average molecular weight is 525 g/mol. The lowest BCUT2D eigenvalue weighted by Gasteiger charge is -2.58. The molecule has 1 aromatic carbocycles. The van der Waals surface area contributed by atoms with Gasteiger partial charge in [0.25, 0.3) is 0 Å². The first-order chi connectivity index (χ1) is 15.9. The van der Waals surface area contributed by atoms with Crippen molar-refractivity contribution in [2.75, 3.05) is 20.2 Å². The Morgan fingerprint density at radius 3 is 2.68 bits per heavy atom. The van der Waals surface area contributed by atoms with Gasteiger partial charge in [0.05, 0.1) is 25.7 Å². The zero-order chi connectivity index (χ0) is 23.2. The predicted molar refractivity (Wildman–Crippen MR) is 131 cm³/mol. The molecule has 5 heterocycles. The minimum Gasteiger partial charge on any atom is -1.00 e. The number of hydrogen-bond acceptors (Lipinski definition) is 4. The Balaban J connectivity index is 0.00000274. The van der Waals surface area contributed by atoms with E-state index >= 15 is 0 Å². The van der Waals surface area contributed by atoms with Crippen LogP contribution in [0.1, 0.15) is 41.5 Å². The van der Waals surface area contributed by atoms with Crippen molar-refractivity contribution in [3.05, 3.63) is 77.8 Å². The van der Waals surface area contributed by atoms with Gasteiger partial charge in [0, 0.05) is 47.3 Å². The molecule has 6 rings (SSSR count). The van der Waals surface area contributed by atoms with Gasteiger partial charge in [-0.2, -0.15) is 0 Å². The van der Waals surface area contributed by atoms with Crippen LogP contribution in [0.4, 0.5) is 0 Å². The normalized spacial score (nSPS) is 26.6. The van der Waals surface area contributed by atoms with Gasteiger partial charge >= 0.3 is 0 Å². The first kappa shape index (κ1) is 24.8. The van der Waals surface area contributed by atoms with Crippen LogP contribution in [0.5, 0.6) is 5.75 Å². The minimum atomic E-state index is -0.569. The third kappa shape index (κ3) is 4.39. The van der Waals surface area contributed by atoms with Crippen LogP contribution in [0.25, 0.3) is 10.9 Å². The van der Waals surface area contributed by atoms with Crippen LogP contribution in [0.15, 0.2) is 55.3 Å². The van der Waals surface area contributed by atoms with Crippen molar-refractivity contribution in [2.45, 2.75) is 45.4 Å². The summed E-state index contributed by atoms with van der Waals surface area (Å²) in [5, 5.41) is 12.9. The molecule has 2 bridgehead atoms. The quantitative estimate of drug-likeness (QED) is 0.396. The van der Waals surface area contributed by atoms with Crippen molar-refractivity contribution < 1.29 is 31.3 Å². The molecule has 3 aromatic rings. The van der Waals surface area contributed by atoms with Gasteiger partial charge in [-0.05, 0) is 61.7 Å².